The lowest BCUT2D eigenvalue weighted by molar-refractivity contribution is 0.0903. The molecule has 0 bridgehead atoms. The quantitative estimate of drug-likeness (QED) is 0.740. The van der Waals surface area contributed by atoms with E-state index in [4.69, 9.17) is 15.3 Å². The van der Waals surface area contributed by atoms with E-state index < -0.39 is 12.7 Å². The van der Waals surface area contributed by atoms with E-state index in [0.717, 1.165) is 5.56 Å². The summed E-state index contributed by atoms with van der Waals surface area (Å²) in [6.45, 7) is -0.631. The number of aliphatic hydroxyl groups is 3. The van der Waals surface area contributed by atoms with Crippen LogP contribution in [0.15, 0.2) is 60.7 Å². The second-order valence-corrected chi connectivity index (χ2v) is 4.06. The summed E-state index contributed by atoms with van der Waals surface area (Å²) in [5.41, 5.74) is 1.31. The number of carbonyl (C=O) groups is 1. The van der Waals surface area contributed by atoms with E-state index in [2.05, 4.69) is 0 Å². The summed E-state index contributed by atoms with van der Waals surface area (Å²) in [6.07, 6.45) is -0.735. The Morgan fingerprint density at radius 2 is 1.40 bits per heavy atom. The molecule has 2 rings (SSSR count). The van der Waals surface area contributed by atoms with Crippen LogP contribution in [0.1, 0.15) is 22.0 Å². The van der Waals surface area contributed by atoms with Crippen LogP contribution in [0, 0.1) is 0 Å². The van der Waals surface area contributed by atoms with Gasteiger partial charge in [-0.2, -0.15) is 0 Å². The molecule has 0 saturated heterocycles. The van der Waals surface area contributed by atoms with Crippen LogP contribution >= 0.6 is 0 Å². The van der Waals surface area contributed by atoms with Crippen molar-refractivity contribution < 1.29 is 20.1 Å². The lowest BCUT2D eigenvalue weighted by Gasteiger charge is -2.05. The van der Waals surface area contributed by atoms with Gasteiger partial charge in [0.25, 0.3) is 0 Å². The molecule has 4 heteroatoms. The monoisotopic (exact) mass is 274 g/mol. The summed E-state index contributed by atoms with van der Waals surface area (Å²) < 4.78 is 0. The molecule has 0 saturated carbocycles. The van der Waals surface area contributed by atoms with E-state index in [1.165, 1.54) is 0 Å². The Hall–Kier alpha value is -2.01. The SMILES string of the molecule is O=C(CO)c1ccccc1.OCC(O)c1ccccc1. The van der Waals surface area contributed by atoms with E-state index in [0.29, 0.717) is 5.56 Å². The van der Waals surface area contributed by atoms with Crippen molar-refractivity contribution in [1.82, 2.24) is 0 Å². The molecular weight excluding hydrogens is 256 g/mol. The molecule has 0 amide bonds. The van der Waals surface area contributed by atoms with Crippen molar-refractivity contribution in [2.24, 2.45) is 0 Å². The van der Waals surface area contributed by atoms with E-state index in [1.54, 1.807) is 36.4 Å². The lowest BCUT2D eigenvalue weighted by Crippen LogP contribution is -2.02. The molecule has 0 aliphatic heterocycles. The number of rotatable bonds is 4. The zero-order valence-electron chi connectivity index (χ0n) is 11.0. The van der Waals surface area contributed by atoms with Gasteiger partial charge in [0.2, 0.25) is 0 Å². The van der Waals surface area contributed by atoms with E-state index in [1.807, 2.05) is 24.3 Å². The number of hydrogen-bond acceptors (Lipinski definition) is 4. The number of aliphatic hydroxyl groups excluding tert-OH is 3. The summed E-state index contributed by atoms with van der Waals surface area (Å²) >= 11 is 0. The first-order valence-electron chi connectivity index (χ1n) is 6.22. The van der Waals surface area contributed by atoms with Gasteiger partial charge >= 0.3 is 0 Å². The predicted octanol–water partition coefficient (Wildman–Crippen LogP) is 1.57. The molecule has 2 aromatic carbocycles. The van der Waals surface area contributed by atoms with Crippen molar-refractivity contribution in [1.29, 1.82) is 0 Å². The highest BCUT2D eigenvalue weighted by Crippen LogP contribution is 2.09. The first-order chi connectivity index (χ1) is 9.69. The number of Topliss-reactive ketones (excluding diaryl/α,β-unsaturated/α-hetero) is 1. The molecule has 1 unspecified atom stereocenters. The first-order valence-corrected chi connectivity index (χ1v) is 6.22. The first kappa shape index (κ1) is 16.0. The van der Waals surface area contributed by atoms with Crippen LogP contribution in [0.3, 0.4) is 0 Å². The molecule has 0 fully saturated rings. The molecule has 2 aromatic rings. The third-order valence-corrected chi connectivity index (χ3v) is 2.60. The smallest absolute Gasteiger partial charge is 0.188 e. The van der Waals surface area contributed by atoms with Crippen molar-refractivity contribution in [2.45, 2.75) is 6.10 Å². The number of hydrogen-bond donors (Lipinski definition) is 3. The highest BCUT2D eigenvalue weighted by molar-refractivity contribution is 5.96. The molecule has 3 N–H and O–H groups in total. The van der Waals surface area contributed by atoms with Gasteiger partial charge in [0.05, 0.1) is 6.61 Å². The molecule has 106 valence electrons. The minimum Gasteiger partial charge on any atom is -0.393 e. The Morgan fingerprint density at radius 3 is 1.85 bits per heavy atom. The highest BCUT2D eigenvalue weighted by atomic mass is 16.3. The third kappa shape index (κ3) is 5.32. The maximum atomic E-state index is 10.8. The fourth-order valence-corrected chi connectivity index (χ4v) is 1.50. The van der Waals surface area contributed by atoms with Gasteiger partial charge < -0.3 is 15.3 Å². The standard InChI is InChI=1S/C8H10O2.C8H8O2/c2*9-6-8(10)7-4-2-1-3-5-7/h1-5,8-10H,6H2;1-5,9H,6H2. The van der Waals surface area contributed by atoms with Gasteiger partial charge in [0.1, 0.15) is 12.7 Å². The molecule has 20 heavy (non-hydrogen) atoms. The van der Waals surface area contributed by atoms with Crippen molar-refractivity contribution in [3.63, 3.8) is 0 Å². The van der Waals surface area contributed by atoms with Crippen molar-refractivity contribution in [3.8, 4) is 0 Å². The Kier molecular flexibility index (Phi) is 7.21. The highest BCUT2D eigenvalue weighted by Gasteiger charge is 2.02. The molecule has 1 atom stereocenters. The lowest BCUT2D eigenvalue weighted by atomic mass is 10.1. The van der Waals surface area contributed by atoms with Gasteiger partial charge in [0, 0.05) is 5.56 Å². The average molecular weight is 274 g/mol. The Morgan fingerprint density at radius 1 is 0.900 bits per heavy atom. The maximum Gasteiger partial charge on any atom is 0.188 e. The zero-order chi connectivity index (χ0) is 14.8. The van der Waals surface area contributed by atoms with Crippen molar-refractivity contribution >= 4 is 5.78 Å². The van der Waals surface area contributed by atoms with Gasteiger partial charge in [-0.15, -0.1) is 0 Å². The zero-order valence-corrected chi connectivity index (χ0v) is 11.0. The van der Waals surface area contributed by atoms with Gasteiger partial charge in [-0.1, -0.05) is 60.7 Å². The average Bonchev–Trinajstić information content (AvgIpc) is 2.55. The van der Waals surface area contributed by atoms with Gasteiger partial charge in [-0.25, -0.2) is 0 Å². The third-order valence-electron chi connectivity index (χ3n) is 2.60. The molecule has 0 aliphatic rings. The fraction of sp³-hybridized carbons (Fsp3) is 0.188. The van der Waals surface area contributed by atoms with Crippen LogP contribution < -0.4 is 0 Å². The molecular formula is C16H18O4. The van der Waals surface area contributed by atoms with Gasteiger partial charge in [-0.3, -0.25) is 4.79 Å². The summed E-state index contributed by atoms with van der Waals surface area (Å²) in [6, 6.07) is 17.8. The molecule has 0 spiro atoms. The molecule has 0 aliphatic carbocycles. The molecule has 0 heterocycles. The van der Waals surface area contributed by atoms with Crippen LogP contribution in [0.2, 0.25) is 0 Å². The Labute approximate surface area is 117 Å². The molecule has 4 nitrogen and oxygen atoms in total. The van der Waals surface area contributed by atoms with Crippen molar-refractivity contribution in [3.05, 3.63) is 71.8 Å². The van der Waals surface area contributed by atoms with Crippen LogP contribution in [-0.4, -0.2) is 34.3 Å². The summed E-state index contributed by atoms with van der Waals surface area (Å²) in [7, 11) is 0. The predicted molar refractivity (Wildman–Crippen MR) is 76.3 cm³/mol. The van der Waals surface area contributed by atoms with Crippen LogP contribution in [-0.2, 0) is 0 Å². The topological polar surface area (TPSA) is 77.8 Å². The van der Waals surface area contributed by atoms with Crippen LogP contribution in [0.4, 0.5) is 0 Å². The minimum atomic E-state index is -0.735. The van der Waals surface area contributed by atoms with Crippen molar-refractivity contribution in [2.75, 3.05) is 13.2 Å². The number of carbonyl (C=O) groups excluding carboxylic acids is 1. The van der Waals surface area contributed by atoms with Gasteiger partial charge in [-0.05, 0) is 5.56 Å². The van der Waals surface area contributed by atoms with Gasteiger partial charge in [0.15, 0.2) is 5.78 Å². The molecule has 0 aromatic heterocycles. The minimum absolute atomic E-state index is 0.218. The van der Waals surface area contributed by atoms with Crippen LogP contribution in [0.5, 0.6) is 0 Å². The van der Waals surface area contributed by atoms with Crippen LogP contribution in [0.25, 0.3) is 0 Å². The summed E-state index contributed by atoms with van der Waals surface area (Å²) in [4.78, 5) is 10.8. The Balaban J connectivity index is 0.000000200. The number of ketones is 1. The maximum absolute atomic E-state index is 10.8. The fourth-order valence-electron chi connectivity index (χ4n) is 1.50. The van der Waals surface area contributed by atoms with E-state index in [-0.39, 0.29) is 12.4 Å². The summed E-state index contributed by atoms with van der Waals surface area (Å²) in [5.74, 6) is -0.236. The second kappa shape index (κ2) is 8.98. The Bertz CT molecular complexity index is 496. The number of benzene rings is 2. The normalized spacial score (nSPS) is 11.2. The van der Waals surface area contributed by atoms with E-state index in [9.17, 15) is 4.79 Å². The largest absolute Gasteiger partial charge is 0.393 e. The molecule has 0 radical (unpaired) electrons. The summed E-state index contributed by atoms with van der Waals surface area (Å²) in [5, 5.41) is 26.1. The second-order valence-electron chi connectivity index (χ2n) is 4.06. The van der Waals surface area contributed by atoms with E-state index >= 15 is 0 Å².